The van der Waals surface area contributed by atoms with E-state index in [1.165, 1.54) is 141 Å². The minimum absolute atomic E-state index is 0.313. The van der Waals surface area contributed by atoms with Crippen molar-refractivity contribution in [2.24, 2.45) is 11.8 Å². The molecule has 43 heavy (non-hydrogen) atoms. The second-order valence-electron chi connectivity index (χ2n) is 12.7. The van der Waals surface area contributed by atoms with Crippen molar-refractivity contribution in [1.29, 1.82) is 0 Å². The van der Waals surface area contributed by atoms with Gasteiger partial charge in [0.25, 0.3) is 0 Å². The van der Waals surface area contributed by atoms with Crippen LogP contribution in [0, 0.1) is 11.8 Å². The van der Waals surface area contributed by atoms with Gasteiger partial charge in [0.2, 0.25) is 0 Å². The van der Waals surface area contributed by atoms with Crippen LogP contribution in [0.1, 0.15) is 168 Å². The zero-order valence-corrected chi connectivity index (χ0v) is 30.2. The first-order valence-electron chi connectivity index (χ1n) is 18.4. The topological polar surface area (TPSA) is 27.7 Å². The van der Waals surface area contributed by atoms with Gasteiger partial charge in [-0.1, -0.05) is 141 Å². The molecule has 2 unspecified atom stereocenters. The first kappa shape index (κ1) is 42.9. The molecule has 0 aromatic heterocycles. The average molecular weight is 648 g/mol. The first-order chi connectivity index (χ1) is 21.2. The molecule has 0 aromatic carbocycles. The summed E-state index contributed by atoms with van der Waals surface area (Å²) in [6, 6.07) is 0. The summed E-state index contributed by atoms with van der Waals surface area (Å²) in [6.07, 6.45) is 40.9. The molecule has 0 aliphatic carbocycles. The molecule has 3 nitrogen and oxygen atoms in total. The van der Waals surface area contributed by atoms with Crippen LogP contribution >= 0.6 is 23.2 Å². The summed E-state index contributed by atoms with van der Waals surface area (Å²) >= 11 is 11.4. The molecule has 0 aromatic rings. The summed E-state index contributed by atoms with van der Waals surface area (Å²) in [7, 11) is 0. The molecule has 0 rings (SSSR count). The quantitative estimate of drug-likeness (QED) is 0.0293. The first-order valence-corrected chi connectivity index (χ1v) is 19.5. The Kier molecular flexibility index (Phi) is 38.1. The molecule has 0 heterocycles. The van der Waals surface area contributed by atoms with Gasteiger partial charge in [0.15, 0.2) is 0 Å². The largest absolute Gasteiger partial charge is 0.355 e. The van der Waals surface area contributed by atoms with Crippen molar-refractivity contribution in [2.45, 2.75) is 168 Å². The van der Waals surface area contributed by atoms with Gasteiger partial charge in [-0.05, 0) is 63.2 Å². The summed E-state index contributed by atoms with van der Waals surface area (Å²) in [5.41, 5.74) is 0. The Balaban J connectivity index is 3.34. The van der Waals surface area contributed by atoms with Crippen LogP contribution in [-0.2, 0) is 14.2 Å². The minimum Gasteiger partial charge on any atom is -0.355 e. The van der Waals surface area contributed by atoms with Gasteiger partial charge in [-0.15, -0.1) is 23.2 Å². The normalized spacial score (nSPS) is 13.5. The summed E-state index contributed by atoms with van der Waals surface area (Å²) in [4.78, 5) is 0. The molecule has 0 amide bonds. The van der Waals surface area contributed by atoms with Gasteiger partial charge in [-0.25, -0.2) is 0 Å². The Hall–Kier alpha value is -0.0600. The van der Waals surface area contributed by atoms with Crippen molar-refractivity contribution in [3.63, 3.8) is 0 Å². The highest BCUT2D eigenvalue weighted by Gasteiger charge is 2.00. The summed E-state index contributed by atoms with van der Waals surface area (Å²) in [5.74, 6) is 2.75. The van der Waals surface area contributed by atoms with Crippen LogP contribution in [0.5, 0.6) is 0 Å². The summed E-state index contributed by atoms with van der Waals surface area (Å²) in [5, 5.41) is 0. The van der Waals surface area contributed by atoms with E-state index in [-0.39, 0.29) is 0 Å². The lowest BCUT2D eigenvalue weighted by Crippen LogP contribution is -2.08. The molecule has 0 saturated carbocycles. The zero-order chi connectivity index (χ0) is 31.3. The SMILES string of the molecule is CC(C=CCCCCCCCCCCCCCl)CCOCOCOCCC(C)C=CCCCCCCCCCCCCCl. The Morgan fingerprint density at radius 1 is 0.419 bits per heavy atom. The lowest BCUT2D eigenvalue weighted by atomic mass is 10.0. The fourth-order valence-corrected chi connectivity index (χ4v) is 5.58. The third-order valence-electron chi connectivity index (χ3n) is 8.21. The fourth-order valence-electron chi connectivity index (χ4n) is 5.20. The van der Waals surface area contributed by atoms with Crippen LogP contribution in [-0.4, -0.2) is 38.6 Å². The van der Waals surface area contributed by atoms with E-state index in [0.717, 1.165) is 37.8 Å². The van der Waals surface area contributed by atoms with Crippen molar-refractivity contribution in [2.75, 3.05) is 38.6 Å². The van der Waals surface area contributed by atoms with Gasteiger partial charge >= 0.3 is 0 Å². The third-order valence-corrected chi connectivity index (χ3v) is 8.74. The highest BCUT2D eigenvalue weighted by molar-refractivity contribution is 6.18. The minimum atomic E-state index is 0.313. The van der Waals surface area contributed by atoms with Crippen molar-refractivity contribution in [3.8, 4) is 0 Å². The summed E-state index contributed by atoms with van der Waals surface area (Å²) in [6.45, 7) is 6.62. The maximum Gasteiger partial charge on any atom is 0.149 e. The molecular formula is C38H72Cl2O3. The zero-order valence-electron chi connectivity index (χ0n) is 28.7. The molecule has 5 heteroatoms. The molecule has 256 valence electrons. The lowest BCUT2D eigenvalue weighted by Gasteiger charge is -2.10. The molecule has 0 bridgehead atoms. The molecule has 2 atom stereocenters. The van der Waals surface area contributed by atoms with Crippen molar-refractivity contribution in [3.05, 3.63) is 24.3 Å². The Labute approximate surface area is 279 Å². The number of unbranched alkanes of at least 4 members (excludes halogenated alkanes) is 20. The smallest absolute Gasteiger partial charge is 0.149 e. The third kappa shape index (κ3) is 38.0. The van der Waals surface area contributed by atoms with E-state index < -0.39 is 0 Å². The second kappa shape index (κ2) is 38.1. The molecule has 0 radical (unpaired) electrons. The standard InChI is InChI=1S/C38H72Cl2O3/c1-37(27-23-19-15-11-7-3-5-9-13-17-21-25-31-39)29-33-41-35-43-36-42-34-30-38(2)28-24-20-16-12-8-4-6-10-14-18-22-26-32-40/h23-24,27-28,37-38H,3-22,25-26,29-36H2,1-2H3. The Bertz CT molecular complexity index is 521. The van der Waals surface area contributed by atoms with Crippen molar-refractivity contribution >= 4 is 23.2 Å². The highest BCUT2D eigenvalue weighted by atomic mass is 35.5. The molecule has 0 fully saturated rings. The predicted octanol–water partition coefficient (Wildman–Crippen LogP) is 13.2. The fraction of sp³-hybridized carbons (Fsp3) is 0.895. The molecule has 0 N–H and O–H groups in total. The number of rotatable bonds is 36. The Morgan fingerprint density at radius 3 is 1.05 bits per heavy atom. The predicted molar refractivity (Wildman–Crippen MR) is 192 cm³/mol. The van der Waals surface area contributed by atoms with Crippen LogP contribution in [0.2, 0.25) is 0 Å². The lowest BCUT2D eigenvalue weighted by molar-refractivity contribution is -0.132. The van der Waals surface area contributed by atoms with Crippen LogP contribution < -0.4 is 0 Å². The number of hydrogen-bond acceptors (Lipinski definition) is 3. The van der Waals surface area contributed by atoms with Gasteiger partial charge < -0.3 is 14.2 Å². The summed E-state index contributed by atoms with van der Waals surface area (Å²) < 4.78 is 16.7. The molecule has 0 spiro atoms. The van der Waals surface area contributed by atoms with E-state index in [0.29, 0.717) is 25.4 Å². The van der Waals surface area contributed by atoms with E-state index in [9.17, 15) is 0 Å². The van der Waals surface area contributed by atoms with Crippen LogP contribution in [0.4, 0.5) is 0 Å². The highest BCUT2D eigenvalue weighted by Crippen LogP contribution is 2.14. The molecule has 0 saturated heterocycles. The molecule has 0 aliphatic rings. The van der Waals surface area contributed by atoms with E-state index in [1.807, 2.05) is 0 Å². The molecule has 0 aliphatic heterocycles. The van der Waals surface area contributed by atoms with Crippen LogP contribution in [0.3, 0.4) is 0 Å². The van der Waals surface area contributed by atoms with Gasteiger partial charge in [0.05, 0.1) is 0 Å². The number of ether oxygens (including phenoxy) is 3. The van der Waals surface area contributed by atoms with Gasteiger partial charge in [-0.3, -0.25) is 0 Å². The van der Waals surface area contributed by atoms with Gasteiger partial charge in [0, 0.05) is 25.0 Å². The van der Waals surface area contributed by atoms with E-state index in [1.54, 1.807) is 0 Å². The van der Waals surface area contributed by atoms with Crippen LogP contribution in [0.15, 0.2) is 24.3 Å². The average Bonchev–Trinajstić information content (AvgIpc) is 3.01. The maximum absolute atomic E-state index is 5.72. The van der Waals surface area contributed by atoms with Gasteiger partial charge in [-0.2, -0.15) is 0 Å². The van der Waals surface area contributed by atoms with Gasteiger partial charge in [0.1, 0.15) is 13.6 Å². The van der Waals surface area contributed by atoms with Crippen molar-refractivity contribution in [1.82, 2.24) is 0 Å². The molecular weight excluding hydrogens is 575 g/mol. The Morgan fingerprint density at radius 2 is 0.721 bits per heavy atom. The van der Waals surface area contributed by atoms with E-state index >= 15 is 0 Å². The van der Waals surface area contributed by atoms with Crippen LogP contribution in [0.25, 0.3) is 0 Å². The maximum atomic E-state index is 5.72. The van der Waals surface area contributed by atoms with E-state index in [2.05, 4.69) is 38.2 Å². The number of alkyl halides is 2. The van der Waals surface area contributed by atoms with Crippen molar-refractivity contribution < 1.29 is 14.2 Å². The van der Waals surface area contributed by atoms with E-state index in [4.69, 9.17) is 37.4 Å². The number of hydrogen-bond donors (Lipinski definition) is 0. The monoisotopic (exact) mass is 646 g/mol. The number of halogens is 2. The number of allylic oxidation sites excluding steroid dienone is 4. The second-order valence-corrected chi connectivity index (χ2v) is 13.4.